The highest BCUT2D eigenvalue weighted by molar-refractivity contribution is 7.11. The van der Waals surface area contributed by atoms with E-state index in [9.17, 15) is 9.59 Å². The number of carbonyl (C=O) groups excluding carboxylic acids is 2. The van der Waals surface area contributed by atoms with Crippen LogP contribution < -0.4 is 10.1 Å². The largest absolute Gasteiger partial charge is 0.495 e. The third-order valence-corrected chi connectivity index (χ3v) is 4.49. The maximum absolute atomic E-state index is 12.4. The molecule has 1 aromatic heterocycles. The van der Waals surface area contributed by atoms with Gasteiger partial charge in [0.2, 0.25) is 0 Å². The minimum Gasteiger partial charge on any atom is -0.495 e. The monoisotopic (exact) mass is 352 g/mol. The number of ether oxygens (including phenoxy) is 1. The smallest absolute Gasteiger partial charge is 0.284 e. The van der Waals surface area contributed by atoms with Gasteiger partial charge in [0.25, 0.3) is 5.91 Å². The van der Waals surface area contributed by atoms with Gasteiger partial charge in [-0.1, -0.05) is 25.4 Å². The van der Waals surface area contributed by atoms with Crippen LogP contribution in [0.25, 0.3) is 0 Å². The second-order valence-electron chi connectivity index (χ2n) is 5.25. The molecule has 23 heavy (non-hydrogen) atoms. The van der Waals surface area contributed by atoms with Crippen molar-refractivity contribution >= 4 is 40.3 Å². The second kappa shape index (κ2) is 7.10. The summed E-state index contributed by atoms with van der Waals surface area (Å²) in [5.74, 6) is 0.0152. The molecule has 0 atom stereocenters. The molecule has 0 radical (unpaired) electrons. The first-order valence-corrected chi connectivity index (χ1v) is 8.25. The summed E-state index contributed by atoms with van der Waals surface area (Å²) in [6.45, 7) is 5.42. The molecule has 0 unspecified atom stereocenters. The number of halogens is 1. The fourth-order valence-corrected chi connectivity index (χ4v) is 3.12. The van der Waals surface area contributed by atoms with E-state index in [1.54, 1.807) is 12.1 Å². The first kappa shape index (κ1) is 17.4. The van der Waals surface area contributed by atoms with Crippen molar-refractivity contribution < 1.29 is 14.3 Å². The molecule has 7 heteroatoms. The zero-order chi connectivity index (χ0) is 17.1. The van der Waals surface area contributed by atoms with Gasteiger partial charge in [0.15, 0.2) is 10.8 Å². The molecule has 5 nitrogen and oxygen atoms in total. The fourth-order valence-electron chi connectivity index (χ4n) is 1.95. The van der Waals surface area contributed by atoms with Crippen LogP contribution in [0.3, 0.4) is 0 Å². The number of nitrogens with zero attached hydrogens (tertiary/aromatic N) is 1. The summed E-state index contributed by atoms with van der Waals surface area (Å²) in [7, 11) is 1.47. The zero-order valence-corrected chi connectivity index (χ0v) is 14.8. The Morgan fingerprint density at radius 3 is 2.57 bits per heavy atom. The lowest BCUT2D eigenvalue weighted by atomic mass is 10.1. The first-order valence-electron chi connectivity index (χ1n) is 6.99. The van der Waals surface area contributed by atoms with Crippen molar-refractivity contribution in [3.8, 4) is 5.75 Å². The summed E-state index contributed by atoms with van der Waals surface area (Å²) in [5.41, 5.74) is 1.42. The number of benzene rings is 1. The van der Waals surface area contributed by atoms with Gasteiger partial charge in [-0.3, -0.25) is 9.59 Å². The Balaban J connectivity index is 2.37. The standard InChI is InChI=1S/C16H17ClN2O3S/c1-8(2)11-7-23-16(18-11)15(21)19-14-10(9(3)20)5-6-12(22-4)13(14)17/h5-8H,1-4H3,(H,19,21). The van der Waals surface area contributed by atoms with E-state index in [-0.39, 0.29) is 22.4 Å². The predicted octanol–water partition coefficient (Wildman–Crippen LogP) is 4.38. The lowest BCUT2D eigenvalue weighted by Crippen LogP contribution is -2.15. The topological polar surface area (TPSA) is 68.3 Å². The number of anilines is 1. The molecule has 1 N–H and O–H groups in total. The number of methoxy groups -OCH3 is 1. The van der Waals surface area contributed by atoms with Crippen molar-refractivity contribution in [2.24, 2.45) is 0 Å². The number of carbonyl (C=O) groups is 2. The molecule has 122 valence electrons. The summed E-state index contributed by atoms with van der Waals surface area (Å²) >= 11 is 7.49. The number of thiazole rings is 1. The number of rotatable bonds is 5. The molecule has 0 saturated heterocycles. The summed E-state index contributed by atoms with van der Waals surface area (Å²) in [6, 6.07) is 3.17. The van der Waals surface area contributed by atoms with Gasteiger partial charge in [0.1, 0.15) is 10.8 Å². The van der Waals surface area contributed by atoms with Gasteiger partial charge in [0.05, 0.1) is 18.5 Å². The van der Waals surface area contributed by atoms with Crippen LogP contribution in [0.15, 0.2) is 17.5 Å². The molecule has 1 aromatic carbocycles. The molecule has 0 spiro atoms. The molecule has 1 heterocycles. The number of aromatic nitrogens is 1. The summed E-state index contributed by atoms with van der Waals surface area (Å²) in [5, 5.41) is 5.04. The second-order valence-corrected chi connectivity index (χ2v) is 6.48. The highest BCUT2D eigenvalue weighted by Gasteiger charge is 2.20. The summed E-state index contributed by atoms with van der Waals surface area (Å²) in [4.78, 5) is 28.5. The number of hydrogen-bond acceptors (Lipinski definition) is 5. The van der Waals surface area contributed by atoms with Crippen LogP contribution in [0.2, 0.25) is 5.02 Å². The van der Waals surface area contributed by atoms with E-state index in [1.807, 2.05) is 19.2 Å². The molecule has 2 aromatic rings. The zero-order valence-electron chi connectivity index (χ0n) is 13.3. The minimum absolute atomic E-state index is 0.189. The third-order valence-electron chi connectivity index (χ3n) is 3.25. The quantitative estimate of drug-likeness (QED) is 0.810. The molecule has 0 aliphatic rings. The van der Waals surface area contributed by atoms with Crippen molar-refractivity contribution in [1.29, 1.82) is 0 Å². The van der Waals surface area contributed by atoms with Crippen LogP contribution in [-0.2, 0) is 0 Å². The Labute approximate surface area is 143 Å². The van der Waals surface area contributed by atoms with Crippen LogP contribution in [0.4, 0.5) is 5.69 Å². The molecule has 0 bridgehead atoms. The normalized spacial score (nSPS) is 10.7. The van der Waals surface area contributed by atoms with Crippen LogP contribution in [0.5, 0.6) is 5.75 Å². The molecule has 0 aliphatic carbocycles. The number of ketones is 1. The van der Waals surface area contributed by atoms with Crippen molar-refractivity contribution in [2.45, 2.75) is 26.7 Å². The van der Waals surface area contributed by atoms with Gasteiger partial charge < -0.3 is 10.1 Å². The van der Waals surface area contributed by atoms with Gasteiger partial charge in [0, 0.05) is 10.9 Å². The predicted molar refractivity (Wildman–Crippen MR) is 92.2 cm³/mol. The van der Waals surface area contributed by atoms with Crippen LogP contribution in [-0.4, -0.2) is 23.8 Å². The lowest BCUT2D eigenvalue weighted by Gasteiger charge is -2.13. The van der Waals surface area contributed by atoms with Crippen molar-refractivity contribution in [1.82, 2.24) is 4.98 Å². The van der Waals surface area contributed by atoms with E-state index in [1.165, 1.54) is 25.4 Å². The van der Waals surface area contributed by atoms with Gasteiger partial charge in [-0.05, 0) is 25.0 Å². The Bertz CT molecular complexity index is 756. The average Bonchev–Trinajstić information content (AvgIpc) is 2.99. The molecular formula is C16H17ClN2O3S. The Morgan fingerprint density at radius 1 is 1.35 bits per heavy atom. The van der Waals surface area contributed by atoms with E-state index in [4.69, 9.17) is 16.3 Å². The van der Waals surface area contributed by atoms with Gasteiger partial charge in [-0.15, -0.1) is 11.3 Å². The molecular weight excluding hydrogens is 336 g/mol. The number of hydrogen-bond donors (Lipinski definition) is 1. The maximum Gasteiger partial charge on any atom is 0.284 e. The highest BCUT2D eigenvalue weighted by atomic mass is 35.5. The maximum atomic E-state index is 12.4. The molecule has 0 fully saturated rings. The van der Waals surface area contributed by atoms with Gasteiger partial charge >= 0.3 is 0 Å². The van der Waals surface area contributed by atoms with Crippen molar-refractivity contribution in [3.63, 3.8) is 0 Å². The first-order chi connectivity index (χ1) is 10.8. The van der Waals surface area contributed by atoms with E-state index in [0.717, 1.165) is 5.69 Å². The highest BCUT2D eigenvalue weighted by Crippen LogP contribution is 2.35. The SMILES string of the molecule is COc1ccc(C(C)=O)c(NC(=O)c2nc(C(C)C)cs2)c1Cl. The van der Waals surface area contributed by atoms with E-state index >= 15 is 0 Å². The van der Waals surface area contributed by atoms with Gasteiger partial charge in [-0.2, -0.15) is 0 Å². The molecule has 2 rings (SSSR count). The third kappa shape index (κ3) is 3.71. The Morgan fingerprint density at radius 2 is 2.04 bits per heavy atom. The number of Topliss-reactive ketones (excluding diaryl/α,β-unsaturated/α-hetero) is 1. The molecule has 1 amide bonds. The summed E-state index contributed by atoms with van der Waals surface area (Å²) < 4.78 is 5.14. The Kier molecular flexibility index (Phi) is 5.38. The number of nitrogens with one attached hydrogen (secondary N) is 1. The van der Waals surface area contributed by atoms with Crippen LogP contribution in [0, 0.1) is 0 Å². The lowest BCUT2D eigenvalue weighted by molar-refractivity contribution is 0.101. The van der Waals surface area contributed by atoms with E-state index in [2.05, 4.69) is 10.3 Å². The number of amides is 1. The van der Waals surface area contributed by atoms with Crippen molar-refractivity contribution in [2.75, 3.05) is 12.4 Å². The molecule has 0 aliphatic heterocycles. The molecule has 0 saturated carbocycles. The van der Waals surface area contributed by atoms with E-state index < -0.39 is 5.91 Å². The van der Waals surface area contributed by atoms with Crippen LogP contribution >= 0.6 is 22.9 Å². The van der Waals surface area contributed by atoms with Crippen molar-refractivity contribution in [3.05, 3.63) is 38.8 Å². The average molecular weight is 353 g/mol. The fraction of sp³-hybridized carbons (Fsp3) is 0.312. The van der Waals surface area contributed by atoms with E-state index in [0.29, 0.717) is 16.3 Å². The minimum atomic E-state index is -0.403. The Hall–Kier alpha value is -1.92. The van der Waals surface area contributed by atoms with Crippen LogP contribution in [0.1, 0.15) is 52.5 Å². The van der Waals surface area contributed by atoms with Gasteiger partial charge in [-0.25, -0.2) is 4.98 Å². The summed E-state index contributed by atoms with van der Waals surface area (Å²) in [6.07, 6.45) is 0.